The SMILES string of the molecule is CC(C)(C)[Si](C)(C)OCC#CC(O)c1nnn(Cc2cc(C(F)(F)F)cc(C(F)(F)F)c2)c1-c1ccncc1. The van der Waals surface area contributed by atoms with Gasteiger partial charge in [0.25, 0.3) is 0 Å². The third-order valence-electron chi connectivity index (χ3n) is 6.50. The van der Waals surface area contributed by atoms with Gasteiger partial charge in [-0.25, -0.2) is 4.68 Å². The molecule has 0 radical (unpaired) electrons. The summed E-state index contributed by atoms with van der Waals surface area (Å²) >= 11 is 0. The molecule has 1 atom stereocenters. The number of rotatable bonds is 6. The summed E-state index contributed by atoms with van der Waals surface area (Å²) in [5, 5.41) is 18.6. The average molecular weight is 571 g/mol. The van der Waals surface area contributed by atoms with Gasteiger partial charge >= 0.3 is 12.4 Å². The van der Waals surface area contributed by atoms with Crippen LogP contribution in [0.1, 0.15) is 49.3 Å². The topological polar surface area (TPSA) is 73.1 Å². The first-order chi connectivity index (χ1) is 17.9. The van der Waals surface area contributed by atoms with Gasteiger partial charge in [0.1, 0.15) is 5.69 Å². The number of nitrogens with zero attached hydrogens (tertiary/aromatic N) is 4. The van der Waals surface area contributed by atoms with Gasteiger partial charge < -0.3 is 9.53 Å². The Labute approximate surface area is 223 Å². The van der Waals surface area contributed by atoms with Crippen molar-refractivity contribution in [2.45, 2.75) is 63.9 Å². The fraction of sp³-hybridized carbons (Fsp3) is 0.423. The zero-order valence-electron chi connectivity index (χ0n) is 21.9. The predicted octanol–water partition coefficient (Wildman–Crippen LogP) is 6.48. The number of hydrogen-bond acceptors (Lipinski definition) is 5. The fourth-order valence-electron chi connectivity index (χ4n) is 3.35. The maximum atomic E-state index is 13.4. The van der Waals surface area contributed by atoms with Crippen LogP contribution < -0.4 is 0 Å². The molecule has 0 amide bonds. The molecule has 2 aromatic heterocycles. The number of pyridine rings is 1. The Morgan fingerprint density at radius 1 is 0.974 bits per heavy atom. The van der Waals surface area contributed by atoms with E-state index in [1.54, 1.807) is 12.1 Å². The molecule has 6 nitrogen and oxygen atoms in total. The largest absolute Gasteiger partial charge is 0.416 e. The lowest BCUT2D eigenvalue weighted by Crippen LogP contribution is -2.40. The Morgan fingerprint density at radius 3 is 2.05 bits per heavy atom. The lowest BCUT2D eigenvalue weighted by molar-refractivity contribution is -0.143. The Hall–Kier alpha value is -3.21. The molecule has 0 aliphatic carbocycles. The molecule has 1 aromatic carbocycles. The van der Waals surface area contributed by atoms with E-state index < -0.39 is 44.4 Å². The van der Waals surface area contributed by atoms with Crippen molar-refractivity contribution in [3.8, 4) is 23.1 Å². The second-order valence-electron chi connectivity index (χ2n) is 10.4. The quantitative estimate of drug-likeness (QED) is 0.209. The van der Waals surface area contributed by atoms with Gasteiger partial charge in [0.15, 0.2) is 14.4 Å². The molecule has 0 fully saturated rings. The van der Waals surface area contributed by atoms with Crippen LogP contribution in [-0.4, -0.2) is 40.0 Å². The summed E-state index contributed by atoms with van der Waals surface area (Å²) in [7, 11) is -2.08. The summed E-state index contributed by atoms with van der Waals surface area (Å²) in [6.45, 7) is 9.91. The molecule has 210 valence electrons. The molecule has 0 aliphatic heterocycles. The minimum absolute atomic E-state index is 0.0101. The highest BCUT2D eigenvalue weighted by molar-refractivity contribution is 6.74. The van der Waals surface area contributed by atoms with Crippen molar-refractivity contribution in [2.24, 2.45) is 0 Å². The van der Waals surface area contributed by atoms with E-state index in [9.17, 15) is 31.4 Å². The molecule has 0 saturated carbocycles. The smallest absolute Gasteiger partial charge is 0.406 e. The van der Waals surface area contributed by atoms with Gasteiger partial charge in [0.2, 0.25) is 0 Å². The number of halogens is 6. The van der Waals surface area contributed by atoms with Gasteiger partial charge in [-0.1, -0.05) is 37.8 Å². The number of hydrogen-bond donors (Lipinski definition) is 1. The van der Waals surface area contributed by atoms with E-state index >= 15 is 0 Å². The van der Waals surface area contributed by atoms with Crippen LogP contribution in [0.3, 0.4) is 0 Å². The van der Waals surface area contributed by atoms with Gasteiger partial charge in [-0.15, -0.1) is 5.10 Å². The van der Waals surface area contributed by atoms with E-state index in [-0.39, 0.29) is 34.7 Å². The van der Waals surface area contributed by atoms with Crippen molar-refractivity contribution in [1.29, 1.82) is 0 Å². The lowest BCUT2D eigenvalue weighted by Gasteiger charge is -2.35. The average Bonchev–Trinajstić information content (AvgIpc) is 3.23. The van der Waals surface area contributed by atoms with Gasteiger partial charge in [0.05, 0.1) is 30.0 Å². The molecule has 1 N–H and O–H groups in total. The van der Waals surface area contributed by atoms with Crippen molar-refractivity contribution >= 4 is 8.32 Å². The monoisotopic (exact) mass is 570 g/mol. The molecule has 0 aliphatic rings. The van der Waals surface area contributed by atoms with Crippen LogP contribution in [0.4, 0.5) is 26.3 Å². The highest BCUT2D eigenvalue weighted by Crippen LogP contribution is 2.38. The molecular weight excluding hydrogens is 542 g/mol. The van der Waals surface area contributed by atoms with E-state index in [0.717, 1.165) is 4.68 Å². The Balaban J connectivity index is 1.99. The van der Waals surface area contributed by atoms with Crippen LogP contribution in [0.5, 0.6) is 0 Å². The maximum absolute atomic E-state index is 13.4. The molecule has 1 unspecified atom stereocenters. The summed E-state index contributed by atoms with van der Waals surface area (Å²) in [4.78, 5) is 3.92. The maximum Gasteiger partial charge on any atom is 0.416 e. The highest BCUT2D eigenvalue weighted by Gasteiger charge is 2.38. The number of alkyl halides is 6. The van der Waals surface area contributed by atoms with Gasteiger partial charge in [-0.2, -0.15) is 26.3 Å². The van der Waals surface area contributed by atoms with Crippen LogP contribution in [0.2, 0.25) is 18.1 Å². The summed E-state index contributed by atoms with van der Waals surface area (Å²) < 4.78 is 87.2. The standard InChI is InChI=1S/C26H28F6N4O2Si/c1-24(2,3)39(4,5)38-12-6-7-21(37)22-23(18-8-10-33-11-9-18)36(35-34-22)16-17-13-19(25(27,28)29)15-20(14-17)26(30,31)32/h8-11,13-15,21,37H,12,16H2,1-5H3. The molecule has 39 heavy (non-hydrogen) atoms. The number of aromatic nitrogens is 4. The molecule has 3 aromatic rings. The third-order valence-corrected chi connectivity index (χ3v) is 11.0. The van der Waals surface area contributed by atoms with E-state index in [1.165, 1.54) is 12.4 Å². The Kier molecular flexibility index (Phi) is 8.64. The Bertz CT molecular complexity index is 1320. The highest BCUT2D eigenvalue weighted by atomic mass is 28.4. The summed E-state index contributed by atoms with van der Waals surface area (Å²) in [6, 6.07) is 4.41. The van der Waals surface area contributed by atoms with Crippen LogP contribution >= 0.6 is 0 Å². The Morgan fingerprint density at radius 2 is 1.54 bits per heavy atom. The second kappa shape index (κ2) is 11.1. The molecular formula is C26H28F6N4O2Si. The molecule has 0 bridgehead atoms. The van der Waals surface area contributed by atoms with E-state index in [1.807, 2.05) is 0 Å². The first kappa shape index (κ1) is 30.3. The normalized spacial score (nSPS) is 13.6. The fourth-order valence-corrected chi connectivity index (χ4v) is 4.22. The molecule has 13 heteroatoms. The summed E-state index contributed by atoms with van der Waals surface area (Å²) in [5.41, 5.74) is -2.57. The molecule has 0 saturated heterocycles. The van der Waals surface area contributed by atoms with Crippen molar-refractivity contribution < 1.29 is 35.9 Å². The van der Waals surface area contributed by atoms with Crippen LogP contribution in [0.25, 0.3) is 11.3 Å². The van der Waals surface area contributed by atoms with E-state index in [2.05, 4.69) is 61.0 Å². The number of aliphatic hydroxyl groups is 1. The summed E-state index contributed by atoms with van der Waals surface area (Å²) in [5.74, 6) is 5.41. The summed E-state index contributed by atoms with van der Waals surface area (Å²) in [6.07, 6.45) is -8.55. The predicted molar refractivity (Wildman–Crippen MR) is 135 cm³/mol. The van der Waals surface area contributed by atoms with E-state index in [0.29, 0.717) is 17.7 Å². The lowest BCUT2D eigenvalue weighted by atomic mass is 10.0. The second-order valence-corrected chi connectivity index (χ2v) is 15.2. The first-order valence-electron chi connectivity index (χ1n) is 11.8. The van der Waals surface area contributed by atoms with E-state index in [4.69, 9.17) is 4.43 Å². The van der Waals surface area contributed by atoms with Crippen molar-refractivity contribution in [3.63, 3.8) is 0 Å². The van der Waals surface area contributed by atoms with Gasteiger partial charge in [0, 0.05) is 18.0 Å². The zero-order chi connectivity index (χ0) is 29.2. The van der Waals surface area contributed by atoms with Crippen molar-refractivity contribution in [3.05, 3.63) is 65.1 Å². The zero-order valence-corrected chi connectivity index (χ0v) is 22.9. The van der Waals surface area contributed by atoms with Crippen molar-refractivity contribution in [2.75, 3.05) is 6.61 Å². The minimum atomic E-state index is -4.99. The van der Waals surface area contributed by atoms with Crippen LogP contribution in [0.15, 0.2) is 42.7 Å². The van der Waals surface area contributed by atoms with Gasteiger partial charge in [-0.3, -0.25) is 4.98 Å². The molecule has 0 spiro atoms. The number of aliphatic hydroxyl groups excluding tert-OH is 1. The van der Waals surface area contributed by atoms with Crippen LogP contribution in [0, 0.1) is 11.8 Å². The molecule has 3 rings (SSSR count). The first-order valence-corrected chi connectivity index (χ1v) is 14.7. The van der Waals surface area contributed by atoms with Crippen molar-refractivity contribution in [1.82, 2.24) is 20.0 Å². The number of benzene rings is 1. The molecule has 2 heterocycles. The minimum Gasteiger partial charge on any atom is -0.406 e. The third kappa shape index (κ3) is 7.46. The van der Waals surface area contributed by atoms with Crippen LogP contribution in [-0.2, 0) is 23.3 Å². The van der Waals surface area contributed by atoms with Gasteiger partial charge in [-0.05, 0) is 54.0 Å².